The molecule has 0 aromatic heterocycles. The van der Waals surface area contributed by atoms with Gasteiger partial charge < -0.3 is 10.2 Å². The number of anilines is 1. The summed E-state index contributed by atoms with van der Waals surface area (Å²) in [6.45, 7) is 0.531. The fourth-order valence-electron chi connectivity index (χ4n) is 2.01. The van der Waals surface area contributed by atoms with E-state index in [4.69, 9.17) is 0 Å². The molecule has 0 aliphatic rings. The zero-order valence-electron chi connectivity index (χ0n) is 13.4. The van der Waals surface area contributed by atoms with E-state index in [1.165, 1.54) is 23.9 Å². The molecule has 0 heterocycles. The highest BCUT2D eigenvalue weighted by Crippen LogP contribution is 2.13. The van der Waals surface area contributed by atoms with Crippen LogP contribution in [0.2, 0.25) is 0 Å². The van der Waals surface area contributed by atoms with Crippen molar-refractivity contribution in [2.75, 3.05) is 24.7 Å². The summed E-state index contributed by atoms with van der Waals surface area (Å²) in [5, 5.41) is 2.91. The second-order valence-corrected chi connectivity index (χ2v) is 6.44. The zero-order chi connectivity index (χ0) is 16.7. The molecule has 0 spiro atoms. The van der Waals surface area contributed by atoms with E-state index in [9.17, 15) is 9.18 Å². The highest BCUT2D eigenvalue weighted by Gasteiger charge is 2.03. The Kier molecular flexibility index (Phi) is 6.47. The van der Waals surface area contributed by atoms with Gasteiger partial charge in [0.05, 0.1) is 5.75 Å². The molecule has 3 nitrogen and oxygen atoms in total. The summed E-state index contributed by atoms with van der Waals surface area (Å²) in [7, 11) is 3.99. The van der Waals surface area contributed by atoms with Crippen molar-refractivity contribution in [2.45, 2.75) is 12.3 Å². The van der Waals surface area contributed by atoms with Crippen molar-refractivity contribution in [3.63, 3.8) is 0 Å². The van der Waals surface area contributed by atoms with Gasteiger partial charge in [-0.25, -0.2) is 4.39 Å². The summed E-state index contributed by atoms with van der Waals surface area (Å²) in [4.78, 5) is 13.9. The smallest absolute Gasteiger partial charge is 0.230 e. The first-order valence-electron chi connectivity index (χ1n) is 7.40. The van der Waals surface area contributed by atoms with E-state index in [1.54, 1.807) is 12.1 Å². The van der Waals surface area contributed by atoms with Crippen LogP contribution in [0, 0.1) is 5.82 Å². The summed E-state index contributed by atoms with van der Waals surface area (Å²) in [5.74, 6) is 0.865. The van der Waals surface area contributed by atoms with E-state index in [-0.39, 0.29) is 11.7 Å². The van der Waals surface area contributed by atoms with Gasteiger partial charge in [0.1, 0.15) is 5.82 Å². The van der Waals surface area contributed by atoms with Crippen LogP contribution in [0.25, 0.3) is 0 Å². The number of rotatable bonds is 7. The van der Waals surface area contributed by atoms with Crippen LogP contribution in [0.1, 0.15) is 11.1 Å². The van der Waals surface area contributed by atoms with Crippen LogP contribution in [-0.2, 0) is 17.1 Å². The fourth-order valence-corrected chi connectivity index (χ4v) is 2.82. The van der Waals surface area contributed by atoms with Crippen LogP contribution in [0.3, 0.4) is 0 Å². The molecule has 2 aromatic carbocycles. The lowest BCUT2D eigenvalue weighted by molar-refractivity contribution is -0.118. The zero-order valence-corrected chi connectivity index (χ0v) is 14.2. The largest absolute Gasteiger partial charge is 0.378 e. The van der Waals surface area contributed by atoms with Crippen LogP contribution in [0.5, 0.6) is 0 Å². The Morgan fingerprint density at radius 3 is 2.26 bits per heavy atom. The third-order valence-electron chi connectivity index (χ3n) is 3.36. The van der Waals surface area contributed by atoms with Gasteiger partial charge in [0.2, 0.25) is 5.91 Å². The number of nitrogens with one attached hydrogen (secondary N) is 1. The first kappa shape index (κ1) is 17.3. The molecule has 0 unspecified atom stereocenters. The standard InChI is InChI=1S/C18H21FN2OS/c1-21(2)17-9-5-14(6-10-17)11-20-18(22)13-23-12-15-3-7-16(19)8-4-15/h3-10H,11-13H2,1-2H3,(H,20,22). The Balaban J connectivity index is 1.69. The minimum absolute atomic E-state index is 0.00815. The van der Waals surface area contributed by atoms with E-state index >= 15 is 0 Å². The van der Waals surface area contributed by atoms with Gasteiger partial charge >= 0.3 is 0 Å². The Morgan fingerprint density at radius 1 is 1.04 bits per heavy atom. The van der Waals surface area contributed by atoms with Crippen molar-refractivity contribution in [1.29, 1.82) is 0 Å². The van der Waals surface area contributed by atoms with Gasteiger partial charge in [0.25, 0.3) is 0 Å². The number of nitrogens with zero attached hydrogens (tertiary/aromatic N) is 1. The molecule has 0 fully saturated rings. The summed E-state index contributed by atoms with van der Waals surface area (Å²) >= 11 is 1.52. The second-order valence-electron chi connectivity index (χ2n) is 5.46. The molecule has 1 N–H and O–H groups in total. The van der Waals surface area contributed by atoms with Crippen molar-refractivity contribution in [2.24, 2.45) is 0 Å². The summed E-state index contributed by atoms with van der Waals surface area (Å²) < 4.78 is 12.8. The van der Waals surface area contributed by atoms with Crippen LogP contribution in [-0.4, -0.2) is 25.8 Å². The Hall–Kier alpha value is -2.01. The first-order valence-corrected chi connectivity index (χ1v) is 8.55. The molecule has 23 heavy (non-hydrogen) atoms. The number of hydrogen-bond acceptors (Lipinski definition) is 3. The van der Waals surface area contributed by atoms with Crippen LogP contribution < -0.4 is 10.2 Å². The summed E-state index contributed by atoms with van der Waals surface area (Å²) in [6, 6.07) is 14.5. The van der Waals surface area contributed by atoms with Gasteiger partial charge in [-0.15, -0.1) is 11.8 Å². The molecule has 0 saturated carbocycles. The number of benzene rings is 2. The average molecular weight is 332 g/mol. The third kappa shape index (κ3) is 5.94. The normalized spacial score (nSPS) is 10.4. The predicted octanol–water partition coefficient (Wildman–Crippen LogP) is 3.44. The van der Waals surface area contributed by atoms with Crippen molar-refractivity contribution >= 4 is 23.4 Å². The number of carbonyl (C=O) groups excluding carboxylic acids is 1. The van der Waals surface area contributed by atoms with Gasteiger partial charge in [-0.2, -0.15) is 0 Å². The molecule has 2 aromatic rings. The topological polar surface area (TPSA) is 32.3 Å². The van der Waals surface area contributed by atoms with Crippen LogP contribution >= 0.6 is 11.8 Å². The third-order valence-corrected chi connectivity index (χ3v) is 4.36. The van der Waals surface area contributed by atoms with Crippen molar-refractivity contribution < 1.29 is 9.18 Å². The highest BCUT2D eigenvalue weighted by molar-refractivity contribution is 7.99. The average Bonchev–Trinajstić information content (AvgIpc) is 2.55. The van der Waals surface area contributed by atoms with Gasteiger partial charge in [-0.3, -0.25) is 4.79 Å². The number of thioether (sulfide) groups is 1. The van der Waals surface area contributed by atoms with Crippen LogP contribution in [0.4, 0.5) is 10.1 Å². The monoisotopic (exact) mass is 332 g/mol. The molecule has 1 amide bonds. The van der Waals surface area contributed by atoms with Gasteiger partial charge in [0.15, 0.2) is 0 Å². The summed E-state index contributed by atoms with van der Waals surface area (Å²) in [5.41, 5.74) is 3.23. The van der Waals surface area contributed by atoms with E-state index < -0.39 is 0 Å². The maximum Gasteiger partial charge on any atom is 0.230 e. The molecule has 0 aliphatic carbocycles. The van der Waals surface area contributed by atoms with E-state index in [2.05, 4.69) is 5.32 Å². The van der Waals surface area contributed by atoms with Gasteiger partial charge in [0, 0.05) is 32.1 Å². The van der Waals surface area contributed by atoms with Gasteiger partial charge in [-0.05, 0) is 35.4 Å². The number of amides is 1. The van der Waals surface area contributed by atoms with E-state index in [0.717, 1.165) is 16.8 Å². The maximum absolute atomic E-state index is 12.8. The second kappa shape index (κ2) is 8.58. The first-order chi connectivity index (χ1) is 11.0. The molecule has 0 bridgehead atoms. The Morgan fingerprint density at radius 2 is 1.65 bits per heavy atom. The highest BCUT2D eigenvalue weighted by atomic mass is 32.2. The minimum Gasteiger partial charge on any atom is -0.378 e. The summed E-state index contributed by atoms with van der Waals surface area (Å²) in [6.07, 6.45) is 0. The molecule has 5 heteroatoms. The SMILES string of the molecule is CN(C)c1ccc(CNC(=O)CSCc2ccc(F)cc2)cc1. The lowest BCUT2D eigenvalue weighted by Gasteiger charge is -2.13. The van der Waals surface area contributed by atoms with Crippen molar-refractivity contribution in [3.05, 3.63) is 65.5 Å². The number of hydrogen-bond donors (Lipinski definition) is 1. The molecule has 0 atom stereocenters. The lowest BCUT2D eigenvalue weighted by atomic mass is 10.2. The molecular formula is C18H21FN2OS. The van der Waals surface area contributed by atoms with Crippen LogP contribution in [0.15, 0.2) is 48.5 Å². The maximum atomic E-state index is 12.8. The predicted molar refractivity (Wildman–Crippen MR) is 95.2 cm³/mol. The van der Waals surface area contributed by atoms with E-state index in [0.29, 0.717) is 18.1 Å². The molecule has 0 saturated heterocycles. The molecular weight excluding hydrogens is 311 g/mol. The molecule has 122 valence electrons. The fraction of sp³-hybridized carbons (Fsp3) is 0.278. The van der Waals surface area contributed by atoms with Crippen molar-refractivity contribution in [1.82, 2.24) is 5.32 Å². The molecule has 2 rings (SSSR count). The van der Waals surface area contributed by atoms with E-state index in [1.807, 2.05) is 43.3 Å². The Labute approximate surface area is 140 Å². The number of carbonyl (C=O) groups is 1. The molecule has 0 radical (unpaired) electrons. The number of halogens is 1. The Bertz CT molecular complexity index is 626. The van der Waals surface area contributed by atoms with Gasteiger partial charge in [-0.1, -0.05) is 24.3 Å². The lowest BCUT2D eigenvalue weighted by Crippen LogP contribution is -2.24. The molecule has 0 aliphatic heterocycles. The minimum atomic E-state index is -0.239. The van der Waals surface area contributed by atoms with Crippen molar-refractivity contribution in [3.8, 4) is 0 Å². The quantitative estimate of drug-likeness (QED) is 0.843.